The molecule has 0 aliphatic carbocycles. The van der Waals surface area contributed by atoms with Crippen LogP contribution in [-0.4, -0.2) is 41.8 Å². The summed E-state index contributed by atoms with van der Waals surface area (Å²) in [6.45, 7) is 2.39. The zero-order valence-corrected chi connectivity index (χ0v) is 12.3. The van der Waals surface area contributed by atoms with Gasteiger partial charge in [-0.1, -0.05) is 4.89 Å². The van der Waals surface area contributed by atoms with Crippen LogP contribution in [0.4, 0.5) is 0 Å². The highest BCUT2D eigenvalue weighted by atomic mass is 32.2. The second-order valence-corrected chi connectivity index (χ2v) is 5.79. The largest absolute Gasteiger partial charge is 0.481 e. The number of carboxylic acid groups (broad SMARTS) is 1. The van der Waals surface area contributed by atoms with Gasteiger partial charge in [0.25, 0.3) is 10.0 Å². The second kappa shape index (κ2) is 6.65. The van der Waals surface area contributed by atoms with Crippen LogP contribution in [0.25, 0.3) is 0 Å². The number of aryl methyl sites for hydroxylation is 2. The number of nitrogens with zero attached hydrogens (tertiary/aromatic N) is 2. The smallest absolute Gasteiger partial charge is 0.305 e. The summed E-state index contributed by atoms with van der Waals surface area (Å²) in [6, 6.07) is 0. The molecule has 1 aromatic heterocycles. The van der Waals surface area contributed by atoms with Crippen molar-refractivity contribution >= 4 is 21.9 Å². The van der Waals surface area contributed by atoms with Crippen molar-refractivity contribution in [1.82, 2.24) is 14.7 Å². The molecule has 0 fully saturated rings. The van der Waals surface area contributed by atoms with Gasteiger partial charge in [-0.05, 0) is 13.8 Å². The number of carbonyl (C=O) groups is 2. The molecule has 4 N–H and O–H groups in total. The standard InChI is InChI=1S/C10H16N4O6S/c1-6-10(21(18,19)13-20-5-8(11)15)7(2)14(12-6)4-3-9(16)17/h13H,3-5H2,1-2H3,(H2,11,15)(H,16,17). The number of carboxylic acids is 1. The average Bonchev–Trinajstić information content (AvgIpc) is 2.61. The monoisotopic (exact) mass is 320 g/mol. The molecule has 0 aliphatic heterocycles. The number of hydrogen-bond acceptors (Lipinski definition) is 6. The fraction of sp³-hybridized carbons (Fsp3) is 0.500. The molecule has 118 valence electrons. The minimum atomic E-state index is -4.05. The Balaban J connectivity index is 2.96. The highest BCUT2D eigenvalue weighted by Crippen LogP contribution is 2.19. The first-order valence-electron chi connectivity index (χ1n) is 5.83. The Morgan fingerprint density at radius 2 is 2.05 bits per heavy atom. The van der Waals surface area contributed by atoms with Gasteiger partial charge in [0.2, 0.25) is 5.91 Å². The van der Waals surface area contributed by atoms with E-state index in [1.165, 1.54) is 18.5 Å². The number of carbonyl (C=O) groups excluding carboxylic acids is 1. The van der Waals surface area contributed by atoms with Gasteiger partial charge in [-0.2, -0.15) is 5.10 Å². The predicted octanol–water partition coefficient (Wildman–Crippen LogP) is -1.33. The fourth-order valence-electron chi connectivity index (χ4n) is 1.71. The summed E-state index contributed by atoms with van der Waals surface area (Å²) in [5, 5.41) is 12.6. The van der Waals surface area contributed by atoms with E-state index in [0.717, 1.165) is 0 Å². The van der Waals surface area contributed by atoms with Crippen LogP contribution in [0.5, 0.6) is 0 Å². The number of sulfonamides is 1. The molecule has 10 nitrogen and oxygen atoms in total. The van der Waals surface area contributed by atoms with E-state index >= 15 is 0 Å². The molecule has 1 aromatic rings. The topological polar surface area (TPSA) is 154 Å². The van der Waals surface area contributed by atoms with Crippen molar-refractivity contribution in [2.75, 3.05) is 6.61 Å². The predicted molar refractivity (Wildman–Crippen MR) is 69.4 cm³/mol. The number of nitrogens with one attached hydrogen (secondary N) is 1. The van der Waals surface area contributed by atoms with Crippen molar-refractivity contribution in [3.63, 3.8) is 0 Å². The molecule has 1 rings (SSSR count). The molecule has 1 heterocycles. The second-order valence-electron chi connectivity index (χ2n) is 4.21. The Kier molecular flexibility index (Phi) is 5.41. The number of aromatic nitrogens is 2. The quantitative estimate of drug-likeness (QED) is 0.501. The van der Waals surface area contributed by atoms with Crippen molar-refractivity contribution in [1.29, 1.82) is 0 Å². The summed E-state index contributed by atoms with van der Waals surface area (Å²) in [6.07, 6.45) is -0.187. The van der Waals surface area contributed by atoms with Crippen LogP contribution in [0, 0.1) is 13.8 Å². The van der Waals surface area contributed by atoms with Crippen molar-refractivity contribution in [2.45, 2.75) is 31.7 Å². The summed E-state index contributed by atoms with van der Waals surface area (Å²) in [7, 11) is -4.05. The van der Waals surface area contributed by atoms with Gasteiger partial charge >= 0.3 is 5.97 Å². The Labute approximate surface area is 120 Å². The number of amides is 1. The summed E-state index contributed by atoms with van der Waals surface area (Å²) in [5.41, 5.74) is 5.28. The highest BCUT2D eigenvalue weighted by Gasteiger charge is 2.25. The first-order valence-corrected chi connectivity index (χ1v) is 7.31. The molecule has 0 atom stereocenters. The molecule has 1 amide bonds. The number of rotatable bonds is 8. The van der Waals surface area contributed by atoms with E-state index < -0.39 is 28.5 Å². The van der Waals surface area contributed by atoms with Crippen molar-refractivity contribution in [3.05, 3.63) is 11.4 Å². The molecule has 0 radical (unpaired) electrons. The summed E-state index contributed by atoms with van der Waals surface area (Å²) in [5.74, 6) is -1.85. The molecule has 0 aromatic carbocycles. The Morgan fingerprint density at radius 1 is 1.43 bits per heavy atom. The third kappa shape index (κ3) is 4.51. The minimum absolute atomic E-state index is 0.0413. The molecule has 0 bridgehead atoms. The first kappa shape index (κ1) is 17.1. The number of nitrogens with two attached hydrogens (primary N) is 1. The van der Waals surface area contributed by atoms with Gasteiger partial charge in [0.15, 0.2) is 0 Å². The zero-order chi connectivity index (χ0) is 16.2. The maximum atomic E-state index is 12.0. The fourth-order valence-corrected chi connectivity index (χ4v) is 2.93. The number of hydrogen-bond donors (Lipinski definition) is 3. The molecular weight excluding hydrogens is 304 g/mol. The van der Waals surface area contributed by atoms with E-state index in [2.05, 4.69) is 9.94 Å². The maximum absolute atomic E-state index is 12.0. The summed E-state index contributed by atoms with van der Waals surface area (Å²) >= 11 is 0. The van der Waals surface area contributed by atoms with Crippen LogP contribution in [-0.2, 0) is 31.0 Å². The van der Waals surface area contributed by atoms with E-state index in [1.54, 1.807) is 4.89 Å². The van der Waals surface area contributed by atoms with Gasteiger partial charge in [-0.3, -0.25) is 19.1 Å². The lowest BCUT2D eigenvalue weighted by molar-refractivity contribution is -0.137. The van der Waals surface area contributed by atoms with E-state index in [0.29, 0.717) is 0 Å². The van der Waals surface area contributed by atoms with Gasteiger partial charge in [0, 0.05) is 0 Å². The van der Waals surface area contributed by atoms with E-state index in [9.17, 15) is 18.0 Å². The molecule has 0 saturated heterocycles. The number of primary amides is 1. The lowest BCUT2D eigenvalue weighted by Crippen LogP contribution is -2.30. The summed E-state index contributed by atoms with van der Waals surface area (Å²) in [4.78, 5) is 27.2. The van der Waals surface area contributed by atoms with Gasteiger partial charge < -0.3 is 10.8 Å². The van der Waals surface area contributed by atoms with E-state index in [1.807, 2.05) is 0 Å². The highest BCUT2D eigenvalue weighted by molar-refractivity contribution is 7.89. The van der Waals surface area contributed by atoms with Crippen LogP contribution in [0.2, 0.25) is 0 Å². The number of aliphatic carboxylic acids is 1. The van der Waals surface area contributed by atoms with Crippen molar-refractivity contribution in [3.8, 4) is 0 Å². The molecule has 0 spiro atoms. The SMILES string of the molecule is Cc1nn(CCC(=O)O)c(C)c1S(=O)(=O)NOCC(N)=O. The van der Waals surface area contributed by atoms with Gasteiger partial charge in [-0.25, -0.2) is 8.42 Å². The van der Waals surface area contributed by atoms with Crippen LogP contribution >= 0.6 is 0 Å². The van der Waals surface area contributed by atoms with Crippen LogP contribution < -0.4 is 10.6 Å². The maximum Gasteiger partial charge on any atom is 0.305 e. The molecule has 0 aliphatic rings. The van der Waals surface area contributed by atoms with E-state index in [-0.39, 0.29) is 29.2 Å². The van der Waals surface area contributed by atoms with Gasteiger partial charge in [-0.15, -0.1) is 0 Å². The zero-order valence-electron chi connectivity index (χ0n) is 11.5. The molecule has 21 heavy (non-hydrogen) atoms. The van der Waals surface area contributed by atoms with Crippen LogP contribution in [0.3, 0.4) is 0 Å². The Bertz CT molecular complexity index is 651. The third-order valence-electron chi connectivity index (χ3n) is 2.50. The first-order chi connectivity index (χ1) is 9.65. The molecule has 11 heteroatoms. The minimum Gasteiger partial charge on any atom is -0.481 e. The van der Waals surface area contributed by atoms with Crippen molar-refractivity contribution in [2.24, 2.45) is 5.73 Å². The van der Waals surface area contributed by atoms with E-state index in [4.69, 9.17) is 10.8 Å². The Morgan fingerprint density at radius 3 is 2.57 bits per heavy atom. The normalized spacial score (nSPS) is 11.5. The van der Waals surface area contributed by atoms with Gasteiger partial charge in [0.1, 0.15) is 11.5 Å². The lowest BCUT2D eigenvalue weighted by atomic mass is 10.4. The molecule has 0 unspecified atom stereocenters. The average molecular weight is 320 g/mol. The molecule has 0 saturated carbocycles. The lowest BCUT2D eigenvalue weighted by Gasteiger charge is -2.07. The molecular formula is C10H16N4O6S. The third-order valence-corrected chi connectivity index (χ3v) is 3.97. The van der Waals surface area contributed by atoms with Crippen LogP contribution in [0.1, 0.15) is 17.8 Å². The van der Waals surface area contributed by atoms with Crippen LogP contribution in [0.15, 0.2) is 4.90 Å². The van der Waals surface area contributed by atoms with Gasteiger partial charge in [0.05, 0.1) is 24.4 Å². The Hall–Kier alpha value is -1.98. The summed E-state index contributed by atoms with van der Waals surface area (Å²) < 4.78 is 25.4. The van der Waals surface area contributed by atoms with Crippen molar-refractivity contribution < 1.29 is 28.0 Å².